The molecular weight excluding hydrogens is 412 g/mol. The van der Waals surface area contributed by atoms with Crippen LogP contribution in [0.2, 0.25) is 0 Å². The number of para-hydroxylation sites is 1. The van der Waals surface area contributed by atoms with Crippen molar-refractivity contribution < 1.29 is 19.2 Å². The third-order valence-corrected chi connectivity index (χ3v) is 4.39. The van der Waals surface area contributed by atoms with E-state index < -0.39 is 10.8 Å². The number of nitrogens with one attached hydrogen (secondary N) is 1. The van der Waals surface area contributed by atoms with Crippen molar-refractivity contribution in [2.75, 3.05) is 12.3 Å². The highest BCUT2D eigenvalue weighted by Gasteiger charge is 2.09. The Kier molecular flexibility index (Phi) is 7.37. The van der Waals surface area contributed by atoms with Gasteiger partial charge >= 0.3 is 0 Å². The second-order valence-corrected chi connectivity index (χ2v) is 6.64. The summed E-state index contributed by atoms with van der Waals surface area (Å²) >= 11 is 0. The number of rotatable bonds is 9. The largest absolute Gasteiger partial charge is 0.490 e. The smallest absolute Gasteiger partial charge is 0.273 e. The van der Waals surface area contributed by atoms with Gasteiger partial charge in [-0.2, -0.15) is 5.10 Å². The summed E-state index contributed by atoms with van der Waals surface area (Å²) < 4.78 is 11.5. The van der Waals surface area contributed by atoms with Gasteiger partial charge in [-0.15, -0.1) is 0 Å². The first-order valence-electron chi connectivity index (χ1n) is 9.79. The minimum Gasteiger partial charge on any atom is -0.490 e. The number of nitrogen functional groups attached to an aromatic ring is 1. The zero-order chi connectivity index (χ0) is 22.9. The summed E-state index contributed by atoms with van der Waals surface area (Å²) in [7, 11) is 0. The Bertz CT molecular complexity index is 1130. The van der Waals surface area contributed by atoms with Crippen molar-refractivity contribution in [1.82, 2.24) is 5.43 Å². The molecule has 0 aromatic heterocycles. The molecule has 0 atom stereocenters. The van der Waals surface area contributed by atoms with Crippen molar-refractivity contribution in [1.29, 1.82) is 0 Å². The SMILES string of the molecule is CCOc1cc(/C=N\NC(=O)c2ccccc2N)ccc1OCc1ccc([N+](=O)[O-])cc1. The van der Waals surface area contributed by atoms with E-state index in [1.165, 1.54) is 18.3 Å². The Balaban J connectivity index is 1.65. The van der Waals surface area contributed by atoms with Crippen LogP contribution in [-0.4, -0.2) is 23.7 Å². The lowest BCUT2D eigenvalue weighted by atomic mass is 10.2. The number of hydrogen-bond acceptors (Lipinski definition) is 7. The van der Waals surface area contributed by atoms with Gasteiger partial charge in [-0.05, 0) is 60.5 Å². The van der Waals surface area contributed by atoms with Crippen LogP contribution < -0.4 is 20.6 Å². The second-order valence-electron chi connectivity index (χ2n) is 6.64. The van der Waals surface area contributed by atoms with E-state index in [4.69, 9.17) is 15.2 Å². The topological polar surface area (TPSA) is 129 Å². The average Bonchev–Trinajstić information content (AvgIpc) is 2.79. The van der Waals surface area contributed by atoms with Gasteiger partial charge in [0.1, 0.15) is 6.61 Å². The third kappa shape index (κ3) is 5.82. The average molecular weight is 434 g/mol. The van der Waals surface area contributed by atoms with Crippen molar-refractivity contribution in [3.05, 3.63) is 93.5 Å². The van der Waals surface area contributed by atoms with Crippen LogP contribution in [0.5, 0.6) is 11.5 Å². The second kappa shape index (κ2) is 10.6. The van der Waals surface area contributed by atoms with E-state index in [1.54, 1.807) is 54.6 Å². The summed E-state index contributed by atoms with van der Waals surface area (Å²) in [6.07, 6.45) is 1.49. The number of benzene rings is 3. The van der Waals surface area contributed by atoms with Gasteiger partial charge in [-0.3, -0.25) is 14.9 Å². The number of nitro groups is 1. The van der Waals surface area contributed by atoms with Crippen molar-refractivity contribution in [3.8, 4) is 11.5 Å². The standard InChI is InChI=1S/C23H22N4O5/c1-2-31-22-13-17(14-25-26-23(28)19-5-3-4-6-20(19)24)9-12-21(22)32-15-16-7-10-18(11-8-16)27(29)30/h3-14H,2,15,24H2,1H3,(H,26,28)/b25-14-. The summed E-state index contributed by atoms with van der Waals surface area (Å²) in [6.45, 7) is 2.50. The molecule has 164 valence electrons. The van der Waals surface area contributed by atoms with Gasteiger partial charge in [-0.25, -0.2) is 5.43 Å². The van der Waals surface area contributed by atoms with E-state index >= 15 is 0 Å². The highest BCUT2D eigenvalue weighted by Crippen LogP contribution is 2.29. The molecule has 0 saturated heterocycles. The first-order chi connectivity index (χ1) is 15.5. The van der Waals surface area contributed by atoms with Gasteiger partial charge < -0.3 is 15.2 Å². The van der Waals surface area contributed by atoms with Gasteiger partial charge in [-0.1, -0.05) is 12.1 Å². The molecule has 0 fully saturated rings. The number of anilines is 1. The van der Waals surface area contributed by atoms with Crippen molar-refractivity contribution in [2.45, 2.75) is 13.5 Å². The normalized spacial score (nSPS) is 10.7. The fraction of sp³-hybridized carbons (Fsp3) is 0.130. The van der Waals surface area contributed by atoms with Crippen LogP contribution in [0.3, 0.4) is 0 Å². The molecule has 3 rings (SSSR count). The Morgan fingerprint density at radius 3 is 2.53 bits per heavy atom. The molecule has 3 N–H and O–H groups in total. The fourth-order valence-corrected chi connectivity index (χ4v) is 2.80. The number of hydrazone groups is 1. The highest BCUT2D eigenvalue weighted by atomic mass is 16.6. The van der Waals surface area contributed by atoms with E-state index in [9.17, 15) is 14.9 Å². The first kappa shape index (κ1) is 22.3. The van der Waals surface area contributed by atoms with Crippen molar-refractivity contribution in [2.24, 2.45) is 5.10 Å². The van der Waals surface area contributed by atoms with E-state index in [0.717, 1.165) is 5.56 Å². The number of non-ortho nitro benzene ring substituents is 1. The molecular formula is C23H22N4O5. The molecule has 9 heteroatoms. The molecule has 32 heavy (non-hydrogen) atoms. The zero-order valence-corrected chi connectivity index (χ0v) is 17.4. The number of amides is 1. The van der Waals surface area contributed by atoms with Crippen molar-refractivity contribution >= 4 is 23.5 Å². The third-order valence-electron chi connectivity index (χ3n) is 4.39. The van der Waals surface area contributed by atoms with E-state index in [1.807, 2.05) is 6.92 Å². The molecule has 0 aliphatic rings. The Hall–Kier alpha value is -4.40. The van der Waals surface area contributed by atoms with E-state index in [-0.39, 0.29) is 12.3 Å². The molecule has 0 unspecified atom stereocenters. The summed E-state index contributed by atoms with van der Waals surface area (Å²) in [4.78, 5) is 22.5. The molecule has 9 nitrogen and oxygen atoms in total. The molecule has 0 saturated carbocycles. The number of nitrogens with two attached hydrogens (primary N) is 1. The predicted molar refractivity (Wildman–Crippen MR) is 121 cm³/mol. The molecule has 0 spiro atoms. The number of carbonyl (C=O) groups excluding carboxylic acids is 1. The number of carbonyl (C=O) groups is 1. The Morgan fingerprint density at radius 1 is 1.09 bits per heavy atom. The van der Waals surface area contributed by atoms with Crippen LogP contribution in [0.15, 0.2) is 71.8 Å². The molecule has 0 aliphatic carbocycles. The summed E-state index contributed by atoms with van der Waals surface area (Å²) in [6, 6.07) is 18.1. The maximum absolute atomic E-state index is 12.2. The lowest BCUT2D eigenvalue weighted by Gasteiger charge is -2.12. The van der Waals surface area contributed by atoms with Gasteiger partial charge in [0.15, 0.2) is 11.5 Å². The number of nitrogens with zero attached hydrogens (tertiary/aromatic N) is 2. The van der Waals surface area contributed by atoms with Crippen LogP contribution >= 0.6 is 0 Å². The molecule has 3 aromatic carbocycles. The molecule has 1 amide bonds. The van der Waals surface area contributed by atoms with Crippen LogP contribution in [0, 0.1) is 10.1 Å². The maximum Gasteiger partial charge on any atom is 0.273 e. The minimum absolute atomic E-state index is 0.0226. The lowest BCUT2D eigenvalue weighted by molar-refractivity contribution is -0.384. The summed E-state index contributed by atoms with van der Waals surface area (Å²) in [5.41, 5.74) is 10.4. The zero-order valence-electron chi connectivity index (χ0n) is 17.4. The number of hydrogen-bond donors (Lipinski definition) is 2. The van der Waals surface area contributed by atoms with Gasteiger partial charge in [0.05, 0.1) is 23.3 Å². The highest BCUT2D eigenvalue weighted by molar-refractivity contribution is 5.99. The lowest BCUT2D eigenvalue weighted by Crippen LogP contribution is -2.19. The van der Waals surface area contributed by atoms with Crippen LogP contribution in [-0.2, 0) is 6.61 Å². The molecule has 3 aromatic rings. The fourth-order valence-electron chi connectivity index (χ4n) is 2.80. The monoisotopic (exact) mass is 434 g/mol. The van der Waals surface area contributed by atoms with Crippen LogP contribution in [0.25, 0.3) is 0 Å². The van der Waals surface area contributed by atoms with E-state index in [0.29, 0.717) is 34.9 Å². The Labute approximate surface area is 184 Å². The predicted octanol–water partition coefficient (Wildman–Crippen LogP) is 3.92. The number of ether oxygens (including phenoxy) is 2. The van der Waals surface area contributed by atoms with Gasteiger partial charge in [0, 0.05) is 17.8 Å². The molecule has 0 radical (unpaired) electrons. The van der Waals surface area contributed by atoms with E-state index in [2.05, 4.69) is 10.5 Å². The maximum atomic E-state index is 12.2. The van der Waals surface area contributed by atoms with Crippen LogP contribution in [0.4, 0.5) is 11.4 Å². The molecule has 0 aliphatic heterocycles. The number of nitro benzene ring substituents is 1. The quantitative estimate of drug-likeness (QED) is 0.227. The van der Waals surface area contributed by atoms with Crippen LogP contribution in [0.1, 0.15) is 28.4 Å². The minimum atomic E-state index is -0.449. The first-order valence-corrected chi connectivity index (χ1v) is 9.79. The summed E-state index contributed by atoms with van der Waals surface area (Å²) in [5.74, 6) is 0.618. The molecule has 0 bridgehead atoms. The summed E-state index contributed by atoms with van der Waals surface area (Å²) in [5, 5.41) is 14.7. The van der Waals surface area contributed by atoms with Crippen molar-refractivity contribution in [3.63, 3.8) is 0 Å². The van der Waals surface area contributed by atoms with Gasteiger partial charge in [0.25, 0.3) is 11.6 Å². The molecule has 0 heterocycles. The Morgan fingerprint density at radius 2 is 1.84 bits per heavy atom. The van der Waals surface area contributed by atoms with Gasteiger partial charge in [0.2, 0.25) is 0 Å².